The highest BCUT2D eigenvalue weighted by molar-refractivity contribution is 8.00. The van der Waals surface area contributed by atoms with Gasteiger partial charge in [-0.3, -0.25) is 0 Å². The fourth-order valence-corrected chi connectivity index (χ4v) is 2.34. The highest BCUT2D eigenvalue weighted by Crippen LogP contribution is 2.26. The molecule has 0 unspecified atom stereocenters. The quantitative estimate of drug-likeness (QED) is 0.626. The van der Waals surface area contributed by atoms with Crippen molar-refractivity contribution < 1.29 is 0 Å². The van der Waals surface area contributed by atoms with Gasteiger partial charge in [-0.1, -0.05) is 23.9 Å². The van der Waals surface area contributed by atoms with Crippen LogP contribution in [0.5, 0.6) is 0 Å². The molecule has 1 radical (unpaired) electrons. The molecule has 0 atom stereocenters. The van der Waals surface area contributed by atoms with Crippen LogP contribution in [0, 0.1) is 6.07 Å². The molecule has 0 spiro atoms. The molecule has 2 aromatic rings. The zero-order valence-electron chi connectivity index (χ0n) is 6.00. The molecule has 0 aliphatic rings. The number of hydrogen-bond acceptors (Lipinski definition) is 3. The van der Waals surface area contributed by atoms with Gasteiger partial charge < -0.3 is 0 Å². The first-order valence-corrected chi connectivity index (χ1v) is 5.25. The van der Waals surface area contributed by atoms with Crippen LogP contribution in [0.2, 0.25) is 0 Å². The maximum atomic E-state index is 4.36. The molecule has 1 nitrogen and oxygen atoms in total. The fraction of sp³-hybridized carbons (Fsp3) is 0.125. The van der Waals surface area contributed by atoms with Crippen molar-refractivity contribution in [2.45, 2.75) is 4.34 Å². The van der Waals surface area contributed by atoms with Crippen LogP contribution < -0.4 is 0 Å². The minimum absolute atomic E-state index is 0.988. The zero-order chi connectivity index (χ0) is 7.68. The number of hydrogen-bond donors (Lipinski definition) is 0. The van der Waals surface area contributed by atoms with Gasteiger partial charge in [-0.25, -0.2) is 4.98 Å². The topological polar surface area (TPSA) is 12.9 Å². The molecule has 11 heavy (non-hydrogen) atoms. The monoisotopic (exact) mass is 180 g/mol. The van der Waals surface area contributed by atoms with Gasteiger partial charge in [0.15, 0.2) is 4.34 Å². The normalized spacial score (nSPS) is 10.6. The second-order valence-electron chi connectivity index (χ2n) is 2.07. The number of benzene rings is 1. The van der Waals surface area contributed by atoms with Crippen LogP contribution in [0.15, 0.2) is 22.5 Å². The summed E-state index contributed by atoms with van der Waals surface area (Å²) in [5, 5.41) is 0. The van der Waals surface area contributed by atoms with Gasteiger partial charge in [0.1, 0.15) is 0 Å². The molecule has 0 N–H and O–H groups in total. The summed E-state index contributed by atoms with van der Waals surface area (Å²) in [6.07, 6.45) is 2.04. The lowest BCUT2D eigenvalue weighted by molar-refractivity contribution is 1.31. The number of aromatic nitrogens is 1. The highest BCUT2D eigenvalue weighted by atomic mass is 32.2. The predicted octanol–water partition coefficient (Wildman–Crippen LogP) is 2.82. The van der Waals surface area contributed by atoms with Gasteiger partial charge >= 0.3 is 0 Å². The van der Waals surface area contributed by atoms with Crippen LogP contribution in [-0.4, -0.2) is 11.2 Å². The van der Waals surface area contributed by atoms with Gasteiger partial charge in [-0.2, -0.15) is 0 Å². The van der Waals surface area contributed by atoms with Crippen LogP contribution in [0.1, 0.15) is 0 Å². The Morgan fingerprint density at radius 2 is 2.55 bits per heavy atom. The summed E-state index contributed by atoms with van der Waals surface area (Å²) in [5.74, 6) is 0. The van der Waals surface area contributed by atoms with Crippen LogP contribution in [0.3, 0.4) is 0 Å². The summed E-state index contributed by atoms with van der Waals surface area (Å²) in [4.78, 5) is 4.36. The summed E-state index contributed by atoms with van der Waals surface area (Å²) in [6.45, 7) is 0. The van der Waals surface area contributed by atoms with E-state index in [2.05, 4.69) is 17.1 Å². The third-order valence-corrected chi connectivity index (χ3v) is 3.38. The second kappa shape index (κ2) is 2.83. The summed E-state index contributed by atoms with van der Waals surface area (Å²) < 4.78 is 2.33. The number of thioether (sulfide) groups is 1. The average molecular weight is 180 g/mol. The van der Waals surface area contributed by atoms with Gasteiger partial charge in [0.05, 0.1) is 10.2 Å². The highest BCUT2D eigenvalue weighted by Gasteiger charge is 1.99. The predicted molar refractivity (Wildman–Crippen MR) is 50.2 cm³/mol. The van der Waals surface area contributed by atoms with E-state index < -0.39 is 0 Å². The molecular formula is C8H6NS2. The second-order valence-corrected chi connectivity index (χ2v) is 4.15. The minimum atomic E-state index is 0.988. The van der Waals surface area contributed by atoms with Crippen molar-refractivity contribution in [3.63, 3.8) is 0 Å². The number of para-hydroxylation sites is 1. The van der Waals surface area contributed by atoms with Crippen LogP contribution in [-0.2, 0) is 0 Å². The van der Waals surface area contributed by atoms with Gasteiger partial charge in [-0.15, -0.1) is 11.3 Å². The van der Waals surface area contributed by atoms with Gasteiger partial charge in [0.2, 0.25) is 0 Å². The van der Waals surface area contributed by atoms with Gasteiger partial charge in [-0.05, 0) is 12.3 Å². The molecular weight excluding hydrogens is 174 g/mol. The summed E-state index contributed by atoms with van der Waals surface area (Å²) in [7, 11) is 0. The SMILES string of the molecule is CSc1nc2[c]cccc2s1. The third-order valence-electron chi connectivity index (χ3n) is 1.37. The van der Waals surface area contributed by atoms with E-state index in [1.807, 2.05) is 18.4 Å². The Morgan fingerprint density at radius 1 is 1.64 bits per heavy atom. The molecule has 1 heterocycles. The molecule has 1 aromatic heterocycles. The van der Waals surface area contributed by atoms with Crippen molar-refractivity contribution in [2.75, 3.05) is 6.26 Å². The first-order valence-electron chi connectivity index (χ1n) is 3.21. The fourth-order valence-electron chi connectivity index (χ4n) is 0.878. The van der Waals surface area contributed by atoms with E-state index in [-0.39, 0.29) is 0 Å². The van der Waals surface area contributed by atoms with Crippen molar-refractivity contribution in [2.24, 2.45) is 0 Å². The molecule has 0 aliphatic carbocycles. The summed E-state index contributed by atoms with van der Waals surface area (Å²) in [5.41, 5.74) is 0.988. The van der Waals surface area contributed by atoms with Crippen LogP contribution in [0.4, 0.5) is 0 Å². The van der Waals surface area contributed by atoms with Crippen molar-refractivity contribution >= 4 is 33.3 Å². The lowest BCUT2D eigenvalue weighted by Crippen LogP contribution is -1.65. The Bertz CT molecular complexity index is 334. The molecule has 3 heteroatoms. The number of rotatable bonds is 1. The van der Waals surface area contributed by atoms with Crippen LogP contribution in [0.25, 0.3) is 10.2 Å². The van der Waals surface area contributed by atoms with Crippen molar-refractivity contribution in [1.29, 1.82) is 0 Å². The zero-order valence-corrected chi connectivity index (χ0v) is 7.63. The lowest BCUT2D eigenvalue weighted by atomic mass is 10.3. The molecule has 0 saturated heterocycles. The Morgan fingerprint density at radius 3 is 3.27 bits per heavy atom. The van der Waals surface area contributed by atoms with E-state index in [0.717, 1.165) is 9.86 Å². The number of fused-ring (bicyclic) bond motifs is 1. The first kappa shape index (κ1) is 7.13. The lowest BCUT2D eigenvalue weighted by Gasteiger charge is -1.79. The Hall–Kier alpha value is -0.540. The molecule has 55 valence electrons. The van der Waals surface area contributed by atoms with E-state index in [0.29, 0.717) is 0 Å². The van der Waals surface area contributed by atoms with Gasteiger partial charge in [0, 0.05) is 6.07 Å². The third kappa shape index (κ3) is 1.26. The van der Waals surface area contributed by atoms with E-state index in [1.54, 1.807) is 23.1 Å². The number of thiazole rings is 1. The number of nitrogens with zero attached hydrogens (tertiary/aromatic N) is 1. The van der Waals surface area contributed by atoms with Crippen LogP contribution >= 0.6 is 23.1 Å². The Labute approximate surface area is 73.5 Å². The van der Waals surface area contributed by atoms with E-state index in [9.17, 15) is 0 Å². The van der Waals surface area contributed by atoms with Crippen molar-refractivity contribution in [3.8, 4) is 0 Å². The molecule has 0 aliphatic heterocycles. The smallest absolute Gasteiger partial charge is 0.150 e. The molecule has 0 saturated carbocycles. The largest absolute Gasteiger partial charge is 0.229 e. The molecule has 0 amide bonds. The van der Waals surface area contributed by atoms with Crippen molar-refractivity contribution in [3.05, 3.63) is 24.3 Å². The molecule has 2 rings (SSSR count). The molecule has 0 bridgehead atoms. The summed E-state index contributed by atoms with van der Waals surface area (Å²) in [6, 6.07) is 9.05. The minimum Gasteiger partial charge on any atom is -0.229 e. The first-order chi connectivity index (χ1) is 5.40. The van der Waals surface area contributed by atoms with E-state index in [4.69, 9.17) is 0 Å². The van der Waals surface area contributed by atoms with E-state index >= 15 is 0 Å². The Kier molecular flexibility index (Phi) is 1.84. The molecule has 0 fully saturated rings. The van der Waals surface area contributed by atoms with Crippen molar-refractivity contribution in [1.82, 2.24) is 4.98 Å². The standard InChI is InChI=1S/C8H6NS2/c1-10-8-9-6-4-2-3-5-7(6)11-8/h2-3,5H,1H3. The maximum absolute atomic E-state index is 4.36. The van der Waals surface area contributed by atoms with Gasteiger partial charge in [0.25, 0.3) is 0 Å². The maximum Gasteiger partial charge on any atom is 0.150 e. The Balaban J connectivity index is 2.69. The summed E-state index contributed by atoms with van der Waals surface area (Å²) >= 11 is 3.40. The van der Waals surface area contributed by atoms with E-state index in [1.165, 1.54) is 4.70 Å². The molecule has 1 aromatic carbocycles. The average Bonchev–Trinajstić information content (AvgIpc) is 2.46.